The van der Waals surface area contributed by atoms with Gasteiger partial charge in [0.1, 0.15) is 0 Å². The van der Waals surface area contributed by atoms with Crippen molar-refractivity contribution in [1.29, 1.82) is 0 Å². The predicted octanol–water partition coefficient (Wildman–Crippen LogP) is 4.20. The topological polar surface area (TPSA) is 58.6 Å². The summed E-state index contributed by atoms with van der Waals surface area (Å²) in [5.74, 6) is -0.169. The van der Waals surface area contributed by atoms with Crippen LogP contribution in [-0.4, -0.2) is 23.7 Å². The lowest BCUT2D eigenvalue weighted by atomic mass is 10.1. The van der Waals surface area contributed by atoms with Crippen LogP contribution in [0.4, 0.5) is 0 Å². The van der Waals surface area contributed by atoms with Crippen molar-refractivity contribution in [2.75, 3.05) is 6.61 Å². The van der Waals surface area contributed by atoms with Gasteiger partial charge in [-0.15, -0.1) is 0 Å². The number of phenolic OH excluding ortho intramolecular Hbond substituents is 1. The van der Waals surface area contributed by atoms with Crippen molar-refractivity contribution >= 4 is 17.5 Å². The number of carbonyl (C=O) groups is 1. The molecule has 0 saturated carbocycles. The van der Waals surface area contributed by atoms with Crippen molar-refractivity contribution in [2.24, 2.45) is 0 Å². The first-order valence-electron chi connectivity index (χ1n) is 8.01. The molecule has 0 aliphatic heterocycles. The zero-order valence-corrected chi connectivity index (χ0v) is 14.6. The summed E-state index contributed by atoms with van der Waals surface area (Å²) in [6.45, 7) is 4.14. The summed E-state index contributed by atoms with van der Waals surface area (Å²) in [4.78, 5) is 12.4. The number of rotatable bonds is 7. The molecule has 0 radical (unpaired) electrons. The van der Waals surface area contributed by atoms with Crippen molar-refractivity contribution in [3.05, 3.63) is 58.6 Å². The van der Waals surface area contributed by atoms with Gasteiger partial charge in [-0.2, -0.15) is 0 Å². The van der Waals surface area contributed by atoms with E-state index in [9.17, 15) is 9.90 Å². The van der Waals surface area contributed by atoms with Crippen molar-refractivity contribution in [3.63, 3.8) is 0 Å². The van der Waals surface area contributed by atoms with Gasteiger partial charge in [0, 0.05) is 11.6 Å². The van der Waals surface area contributed by atoms with Gasteiger partial charge in [0.2, 0.25) is 0 Å². The van der Waals surface area contributed by atoms with Gasteiger partial charge in [-0.3, -0.25) is 4.79 Å². The van der Waals surface area contributed by atoms with Crippen LogP contribution in [0.25, 0.3) is 0 Å². The Labute approximate surface area is 147 Å². The molecule has 0 fully saturated rings. The van der Waals surface area contributed by atoms with E-state index in [0.29, 0.717) is 12.2 Å². The number of hydrogen-bond acceptors (Lipinski definition) is 3. The molecule has 0 aliphatic rings. The first kappa shape index (κ1) is 18.1. The Bertz CT molecular complexity index is 689. The summed E-state index contributed by atoms with van der Waals surface area (Å²) in [6.07, 6.45) is 1.72. The van der Waals surface area contributed by atoms with E-state index in [1.54, 1.807) is 6.92 Å². The first-order chi connectivity index (χ1) is 11.5. The number of amides is 1. The molecule has 24 heavy (non-hydrogen) atoms. The Morgan fingerprint density at radius 1 is 1.29 bits per heavy atom. The summed E-state index contributed by atoms with van der Waals surface area (Å²) in [5, 5.41) is 12.9. The van der Waals surface area contributed by atoms with Crippen LogP contribution in [0.1, 0.15) is 36.2 Å². The number of ether oxygens (including phenoxy) is 1. The van der Waals surface area contributed by atoms with Gasteiger partial charge in [0.25, 0.3) is 5.91 Å². The minimum absolute atomic E-state index is 0.0147. The normalized spacial score (nSPS) is 11.8. The second-order valence-corrected chi connectivity index (χ2v) is 6.04. The number of carbonyl (C=O) groups excluding carboxylic acids is 1. The number of aromatic hydroxyl groups is 1. The van der Waals surface area contributed by atoms with Crippen LogP contribution in [0, 0.1) is 0 Å². The molecule has 0 aliphatic carbocycles. The second kappa shape index (κ2) is 8.60. The monoisotopic (exact) mass is 347 g/mol. The van der Waals surface area contributed by atoms with E-state index in [0.717, 1.165) is 12.8 Å². The van der Waals surface area contributed by atoms with Crippen LogP contribution < -0.4 is 10.1 Å². The average molecular weight is 348 g/mol. The van der Waals surface area contributed by atoms with Crippen LogP contribution in [-0.2, 0) is 6.42 Å². The lowest BCUT2D eigenvalue weighted by molar-refractivity contribution is 0.0938. The Morgan fingerprint density at radius 3 is 2.67 bits per heavy atom. The van der Waals surface area contributed by atoms with Crippen LogP contribution in [0.5, 0.6) is 11.5 Å². The van der Waals surface area contributed by atoms with Gasteiger partial charge in [-0.1, -0.05) is 41.9 Å². The molecule has 1 amide bonds. The highest BCUT2D eigenvalue weighted by Gasteiger charge is 2.16. The number of aryl methyl sites for hydroxylation is 1. The van der Waals surface area contributed by atoms with Crippen LogP contribution in [0.2, 0.25) is 5.02 Å². The van der Waals surface area contributed by atoms with E-state index < -0.39 is 0 Å². The maximum Gasteiger partial charge on any atom is 0.251 e. The smallest absolute Gasteiger partial charge is 0.251 e. The number of nitrogens with one attached hydrogen (secondary N) is 1. The highest BCUT2D eigenvalue weighted by Crippen LogP contribution is 2.35. The van der Waals surface area contributed by atoms with Gasteiger partial charge >= 0.3 is 0 Å². The molecule has 0 spiro atoms. The predicted molar refractivity (Wildman–Crippen MR) is 96.0 cm³/mol. The molecule has 0 bridgehead atoms. The van der Waals surface area contributed by atoms with Crippen molar-refractivity contribution in [1.82, 2.24) is 5.32 Å². The molecule has 1 unspecified atom stereocenters. The molecule has 0 saturated heterocycles. The molecule has 1 atom stereocenters. The minimum Gasteiger partial charge on any atom is -0.503 e. The molecule has 2 N–H and O–H groups in total. The summed E-state index contributed by atoms with van der Waals surface area (Å²) in [5.41, 5.74) is 1.61. The third kappa shape index (κ3) is 4.90. The van der Waals surface area contributed by atoms with E-state index in [4.69, 9.17) is 16.3 Å². The Balaban J connectivity index is 1.98. The fourth-order valence-electron chi connectivity index (χ4n) is 2.38. The SMILES string of the molecule is CCOc1cc(C(=O)NC(C)CCc2ccccc2)cc(Cl)c1O. The lowest BCUT2D eigenvalue weighted by Crippen LogP contribution is -2.32. The van der Waals surface area contributed by atoms with Crippen molar-refractivity contribution < 1.29 is 14.6 Å². The fourth-order valence-corrected chi connectivity index (χ4v) is 2.59. The van der Waals surface area contributed by atoms with Gasteiger partial charge in [-0.05, 0) is 44.4 Å². The van der Waals surface area contributed by atoms with Gasteiger partial charge in [0.05, 0.1) is 11.6 Å². The summed E-state index contributed by atoms with van der Waals surface area (Å²) < 4.78 is 5.30. The van der Waals surface area contributed by atoms with Crippen LogP contribution in [0.3, 0.4) is 0 Å². The fraction of sp³-hybridized carbons (Fsp3) is 0.316. The number of hydrogen-bond donors (Lipinski definition) is 2. The molecule has 5 heteroatoms. The molecule has 2 rings (SSSR count). The van der Waals surface area contributed by atoms with E-state index in [1.807, 2.05) is 25.1 Å². The minimum atomic E-state index is -0.238. The average Bonchev–Trinajstić information content (AvgIpc) is 2.58. The maximum atomic E-state index is 12.4. The van der Waals surface area contributed by atoms with E-state index in [1.165, 1.54) is 17.7 Å². The number of halogens is 1. The Hall–Kier alpha value is -2.20. The van der Waals surface area contributed by atoms with Crippen LogP contribution in [0.15, 0.2) is 42.5 Å². The van der Waals surface area contributed by atoms with E-state index in [2.05, 4.69) is 17.4 Å². The largest absolute Gasteiger partial charge is 0.503 e. The van der Waals surface area contributed by atoms with Crippen molar-refractivity contribution in [2.45, 2.75) is 32.7 Å². The molecule has 128 valence electrons. The van der Waals surface area contributed by atoms with Gasteiger partial charge in [-0.25, -0.2) is 0 Å². The highest BCUT2D eigenvalue weighted by molar-refractivity contribution is 6.32. The zero-order chi connectivity index (χ0) is 17.5. The molecule has 2 aromatic rings. The van der Waals surface area contributed by atoms with Gasteiger partial charge in [0.15, 0.2) is 11.5 Å². The van der Waals surface area contributed by atoms with E-state index in [-0.39, 0.29) is 28.5 Å². The first-order valence-corrected chi connectivity index (χ1v) is 8.39. The Morgan fingerprint density at radius 2 is 2.00 bits per heavy atom. The standard InChI is InChI=1S/C19H22ClNO3/c1-3-24-17-12-15(11-16(20)18(17)22)19(23)21-13(2)9-10-14-7-5-4-6-8-14/h4-8,11-13,22H,3,9-10H2,1-2H3,(H,21,23). The second-order valence-electron chi connectivity index (χ2n) is 5.64. The number of phenols is 1. The maximum absolute atomic E-state index is 12.4. The third-order valence-corrected chi connectivity index (χ3v) is 3.96. The molecule has 0 heterocycles. The quantitative estimate of drug-likeness (QED) is 0.789. The molecule has 4 nitrogen and oxygen atoms in total. The van der Waals surface area contributed by atoms with E-state index >= 15 is 0 Å². The molecular formula is C19H22ClNO3. The van der Waals surface area contributed by atoms with Crippen molar-refractivity contribution in [3.8, 4) is 11.5 Å². The molecule has 2 aromatic carbocycles. The Kier molecular flexibility index (Phi) is 6.50. The van der Waals surface area contributed by atoms with Gasteiger partial charge < -0.3 is 15.2 Å². The highest BCUT2D eigenvalue weighted by atomic mass is 35.5. The van der Waals surface area contributed by atoms with Crippen LogP contribution >= 0.6 is 11.6 Å². The zero-order valence-electron chi connectivity index (χ0n) is 13.9. The molecular weight excluding hydrogens is 326 g/mol. The summed E-state index contributed by atoms with van der Waals surface area (Å²) in [6, 6.07) is 13.1. The molecule has 0 aromatic heterocycles. The summed E-state index contributed by atoms with van der Waals surface area (Å²) >= 11 is 5.97. The lowest BCUT2D eigenvalue weighted by Gasteiger charge is -2.15. The third-order valence-electron chi connectivity index (χ3n) is 3.68. The summed E-state index contributed by atoms with van der Waals surface area (Å²) in [7, 11) is 0. The number of benzene rings is 2.